The van der Waals surface area contributed by atoms with E-state index in [1.54, 1.807) is 0 Å². The summed E-state index contributed by atoms with van der Waals surface area (Å²) in [6.45, 7) is 6.06. The summed E-state index contributed by atoms with van der Waals surface area (Å²) in [7, 11) is 0. The molecule has 182 valence electrons. The van der Waals surface area contributed by atoms with Crippen molar-refractivity contribution < 1.29 is 49.3 Å². The maximum atomic E-state index is 12.1. The van der Waals surface area contributed by atoms with Crippen molar-refractivity contribution in [2.75, 3.05) is 0 Å². The molecule has 32 heavy (non-hydrogen) atoms. The van der Waals surface area contributed by atoms with E-state index in [0.29, 0.717) is 5.06 Å². The fraction of sp³-hybridized carbons (Fsp3) is 0.923. The molecule has 0 spiro atoms. The number of carbonyl (C=O) groups is 1. The van der Waals surface area contributed by atoms with Crippen molar-refractivity contribution in [1.29, 1.82) is 0 Å². The standard InChI is InChI=1S/C13H21N5O14/c1-6-7(19)28-14-12(2,3)10(31-17(24)25)8(29-15(20)21)9(30-16(22)23)11(13(14,4)5)32-18(26)27/h8-11H,6H2,1-5H3. The Kier molecular flexibility index (Phi) is 7.86. The third-order valence-electron chi connectivity index (χ3n) is 4.66. The van der Waals surface area contributed by atoms with Gasteiger partial charge in [0.25, 0.3) is 20.3 Å². The molecule has 1 saturated heterocycles. The van der Waals surface area contributed by atoms with Gasteiger partial charge in [-0.05, 0) is 27.7 Å². The second kappa shape index (κ2) is 9.58. The molecule has 0 aromatic rings. The quantitative estimate of drug-likeness (QED) is 0.301. The molecule has 0 aromatic heterocycles. The molecule has 0 N–H and O–H groups in total. The van der Waals surface area contributed by atoms with Crippen molar-refractivity contribution in [3.05, 3.63) is 40.5 Å². The number of nitrogens with zero attached hydrogens (tertiary/aromatic N) is 5. The summed E-state index contributed by atoms with van der Waals surface area (Å²) < 4.78 is 0. The third kappa shape index (κ3) is 5.68. The Balaban J connectivity index is 3.91. The van der Waals surface area contributed by atoms with Gasteiger partial charge in [0, 0.05) is 6.42 Å². The lowest BCUT2D eigenvalue weighted by atomic mass is 9.91. The van der Waals surface area contributed by atoms with Gasteiger partial charge in [-0.25, -0.2) is 0 Å². The third-order valence-corrected chi connectivity index (χ3v) is 4.66. The van der Waals surface area contributed by atoms with E-state index in [-0.39, 0.29) is 6.42 Å². The van der Waals surface area contributed by atoms with E-state index in [1.165, 1.54) is 34.6 Å². The molecular weight excluding hydrogens is 450 g/mol. The van der Waals surface area contributed by atoms with Crippen LogP contribution in [0.5, 0.6) is 0 Å². The van der Waals surface area contributed by atoms with E-state index in [4.69, 9.17) is 4.84 Å². The molecule has 0 amide bonds. The van der Waals surface area contributed by atoms with E-state index in [9.17, 15) is 45.3 Å². The molecule has 0 aliphatic carbocycles. The Hall–Kier alpha value is -3.77. The minimum Gasteiger partial charge on any atom is -0.367 e. The first-order valence-electron chi connectivity index (χ1n) is 8.81. The van der Waals surface area contributed by atoms with Gasteiger partial charge in [-0.15, -0.1) is 45.5 Å². The number of hydrogen-bond acceptors (Lipinski definition) is 15. The number of rotatable bonds is 10. The van der Waals surface area contributed by atoms with Crippen molar-refractivity contribution in [2.45, 2.75) is 76.5 Å². The monoisotopic (exact) mass is 471 g/mol. The lowest BCUT2D eigenvalue weighted by Gasteiger charge is -2.47. The van der Waals surface area contributed by atoms with Crippen LogP contribution in [0.2, 0.25) is 0 Å². The molecule has 0 aromatic carbocycles. The number of hydroxylamine groups is 2. The normalized spacial score (nSPS) is 26.7. The van der Waals surface area contributed by atoms with Crippen LogP contribution in [0.15, 0.2) is 0 Å². The topological polar surface area (TPSA) is 239 Å². The maximum Gasteiger partial charge on any atom is 0.324 e. The van der Waals surface area contributed by atoms with Gasteiger partial charge in [0.1, 0.15) is 0 Å². The average molecular weight is 471 g/mol. The first kappa shape index (κ1) is 26.3. The van der Waals surface area contributed by atoms with Crippen LogP contribution in [0.1, 0.15) is 41.0 Å². The molecule has 1 heterocycles. The Morgan fingerprint density at radius 3 is 1.31 bits per heavy atom. The van der Waals surface area contributed by atoms with E-state index in [0.717, 1.165) is 0 Å². The first-order valence-corrected chi connectivity index (χ1v) is 8.81. The van der Waals surface area contributed by atoms with Gasteiger partial charge in [0.15, 0.2) is 24.4 Å². The molecule has 1 aliphatic heterocycles. The van der Waals surface area contributed by atoms with E-state index in [1.807, 2.05) is 0 Å². The lowest BCUT2D eigenvalue weighted by Crippen LogP contribution is -2.64. The van der Waals surface area contributed by atoms with Crippen LogP contribution in [0, 0.1) is 40.5 Å². The van der Waals surface area contributed by atoms with Gasteiger partial charge < -0.3 is 24.2 Å². The molecule has 0 radical (unpaired) electrons. The molecule has 19 nitrogen and oxygen atoms in total. The van der Waals surface area contributed by atoms with Crippen molar-refractivity contribution >= 4 is 5.97 Å². The fourth-order valence-corrected chi connectivity index (χ4v) is 3.52. The summed E-state index contributed by atoms with van der Waals surface area (Å²) in [6, 6.07) is 0. The van der Waals surface area contributed by atoms with Crippen molar-refractivity contribution in [3.8, 4) is 0 Å². The van der Waals surface area contributed by atoms with Crippen LogP contribution >= 0.6 is 0 Å². The molecule has 0 bridgehead atoms. The second-order valence-electron chi connectivity index (χ2n) is 7.51. The van der Waals surface area contributed by atoms with Crippen LogP contribution in [0.3, 0.4) is 0 Å². The zero-order valence-corrected chi connectivity index (χ0v) is 17.5. The molecule has 19 heteroatoms. The summed E-state index contributed by atoms with van der Waals surface area (Å²) in [6.07, 6.45) is -9.10. The van der Waals surface area contributed by atoms with Gasteiger partial charge >= 0.3 is 5.97 Å². The molecule has 4 unspecified atom stereocenters. The summed E-state index contributed by atoms with van der Waals surface area (Å²) in [5, 5.41) is 39.6. The predicted octanol–water partition coefficient (Wildman–Crippen LogP) is 0.0350. The Morgan fingerprint density at radius 2 is 1.06 bits per heavy atom. The minimum atomic E-state index is -2.33. The summed E-state index contributed by atoms with van der Waals surface area (Å²) >= 11 is 0. The largest absolute Gasteiger partial charge is 0.367 e. The Labute approximate surface area is 178 Å². The highest BCUT2D eigenvalue weighted by atomic mass is 17.0. The predicted molar refractivity (Wildman–Crippen MR) is 93.8 cm³/mol. The highest BCUT2D eigenvalue weighted by Gasteiger charge is 2.64. The van der Waals surface area contributed by atoms with E-state index < -0.39 is 61.8 Å². The van der Waals surface area contributed by atoms with Crippen molar-refractivity contribution in [2.24, 2.45) is 0 Å². The Bertz CT molecular complexity index is 718. The SMILES string of the molecule is CCC(=O)ON1C(C)(C)C(O[N+](=O)[O-])C(O[N+](=O)[O-])C(O[N+](=O)[O-])C(O[N+](=O)[O-])C1(C)C. The van der Waals surface area contributed by atoms with Crippen LogP contribution in [0.4, 0.5) is 0 Å². The average Bonchev–Trinajstić information content (AvgIpc) is 2.66. The van der Waals surface area contributed by atoms with Gasteiger partial charge in [-0.1, -0.05) is 6.92 Å². The summed E-state index contributed by atoms with van der Waals surface area (Å²) in [4.78, 5) is 79.7. The molecule has 1 aliphatic rings. The van der Waals surface area contributed by atoms with Gasteiger partial charge in [0.05, 0.1) is 11.1 Å². The van der Waals surface area contributed by atoms with Crippen molar-refractivity contribution in [3.63, 3.8) is 0 Å². The van der Waals surface area contributed by atoms with Crippen LogP contribution in [0.25, 0.3) is 0 Å². The zero-order valence-electron chi connectivity index (χ0n) is 17.5. The smallest absolute Gasteiger partial charge is 0.324 e. The molecule has 1 fully saturated rings. The molecule has 0 saturated carbocycles. The van der Waals surface area contributed by atoms with Gasteiger partial charge in [0.2, 0.25) is 0 Å². The van der Waals surface area contributed by atoms with Gasteiger partial charge in [-0.3, -0.25) is 4.79 Å². The molecule has 1 rings (SSSR count). The fourth-order valence-electron chi connectivity index (χ4n) is 3.52. The van der Waals surface area contributed by atoms with Crippen LogP contribution in [-0.4, -0.2) is 66.9 Å². The lowest BCUT2D eigenvalue weighted by molar-refractivity contribution is -0.827. The molecular formula is C13H21N5O14. The molecule has 4 atom stereocenters. The summed E-state index contributed by atoms with van der Waals surface area (Å²) in [5.41, 5.74) is -3.84. The van der Waals surface area contributed by atoms with Crippen LogP contribution in [-0.2, 0) is 29.0 Å². The number of hydrogen-bond donors (Lipinski definition) is 0. The maximum absolute atomic E-state index is 12.1. The highest BCUT2D eigenvalue weighted by molar-refractivity contribution is 5.68. The van der Waals surface area contributed by atoms with E-state index >= 15 is 0 Å². The summed E-state index contributed by atoms with van der Waals surface area (Å²) in [5.74, 6) is -0.911. The zero-order chi connectivity index (χ0) is 25.0. The van der Waals surface area contributed by atoms with Gasteiger partial charge in [-0.2, -0.15) is 0 Å². The number of carbonyl (C=O) groups excluding carboxylic acids is 1. The second-order valence-corrected chi connectivity index (χ2v) is 7.51. The van der Waals surface area contributed by atoms with E-state index in [2.05, 4.69) is 19.4 Å². The highest BCUT2D eigenvalue weighted by Crippen LogP contribution is 2.42. The Morgan fingerprint density at radius 1 is 0.750 bits per heavy atom. The minimum absolute atomic E-state index is 0.214. The van der Waals surface area contributed by atoms with Crippen LogP contribution < -0.4 is 0 Å². The van der Waals surface area contributed by atoms with Crippen molar-refractivity contribution in [1.82, 2.24) is 5.06 Å². The first-order chi connectivity index (χ1) is 14.5.